The van der Waals surface area contributed by atoms with Crippen LogP contribution >= 0.6 is 0 Å². The Morgan fingerprint density at radius 2 is 1.83 bits per heavy atom. The Morgan fingerprint density at radius 1 is 1.14 bits per heavy atom. The summed E-state index contributed by atoms with van der Waals surface area (Å²) in [5, 5.41) is 25.1. The Balaban J connectivity index is 1.84. The third-order valence-electron chi connectivity index (χ3n) is 5.23. The predicted molar refractivity (Wildman–Crippen MR) is 106 cm³/mol. The maximum absolute atomic E-state index is 12.8. The normalized spacial score (nSPS) is 12.2. The van der Waals surface area contributed by atoms with Crippen LogP contribution < -0.4 is 5.32 Å². The third-order valence-corrected chi connectivity index (χ3v) is 5.23. The number of carboxylic acid groups (broad SMARTS) is 1. The second-order valence-electron chi connectivity index (χ2n) is 7.11. The van der Waals surface area contributed by atoms with Crippen molar-refractivity contribution in [3.8, 4) is 0 Å². The van der Waals surface area contributed by atoms with Crippen LogP contribution in [0, 0.1) is 27.7 Å². The van der Waals surface area contributed by atoms with E-state index in [1.807, 2.05) is 44.1 Å². The van der Waals surface area contributed by atoms with Gasteiger partial charge < -0.3 is 10.4 Å². The molecule has 154 valence electrons. The standard InChI is InChI=1S/C19H25N7O3/c1-10-15(12(3)24(6)22-10)9-25-13(4)17(11(2)23-25)21-18(27)14(5)26-16(19(28)29)7-8-20-26/h7-8,14H,9H2,1-6H3,(H,21,27)(H,28,29). The first-order valence-electron chi connectivity index (χ1n) is 9.22. The lowest BCUT2D eigenvalue weighted by Gasteiger charge is -2.14. The van der Waals surface area contributed by atoms with E-state index < -0.39 is 12.0 Å². The number of rotatable bonds is 6. The number of hydrogen-bond acceptors (Lipinski definition) is 5. The number of amides is 1. The topological polar surface area (TPSA) is 120 Å². The van der Waals surface area contributed by atoms with E-state index in [-0.39, 0.29) is 11.6 Å². The molecule has 0 bridgehead atoms. The molecule has 0 aromatic carbocycles. The van der Waals surface area contributed by atoms with E-state index in [2.05, 4.69) is 20.6 Å². The molecular weight excluding hydrogens is 374 g/mol. The highest BCUT2D eigenvalue weighted by Gasteiger charge is 2.24. The molecule has 3 rings (SSSR count). The molecule has 1 atom stereocenters. The molecule has 10 nitrogen and oxygen atoms in total. The molecule has 0 spiro atoms. The molecular formula is C19H25N7O3. The highest BCUT2D eigenvalue weighted by Crippen LogP contribution is 2.23. The van der Waals surface area contributed by atoms with Crippen LogP contribution in [0.4, 0.5) is 5.69 Å². The van der Waals surface area contributed by atoms with Gasteiger partial charge in [-0.15, -0.1) is 0 Å². The van der Waals surface area contributed by atoms with Crippen molar-refractivity contribution in [2.24, 2.45) is 7.05 Å². The highest BCUT2D eigenvalue weighted by atomic mass is 16.4. The number of carboxylic acids is 1. The third kappa shape index (κ3) is 3.65. The van der Waals surface area contributed by atoms with Crippen LogP contribution in [0.2, 0.25) is 0 Å². The molecule has 1 unspecified atom stereocenters. The molecule has 1 amide bonds. The lowest BCUT2D eigenvalue weighted by molar-refractivity contribution is -0.119. The number of anilines is 1. The van der Waals surface area contributed by atoms with E-state index in [0.717, 1.165) is 22.6 Å². The van der Waals surface area contributed by atoms with Crippen LogP contribution in [0.5, 0.6) is 0 Å². The maximum atomic E-state index is 12.8. The summed E-state index contributed by atoms with van der Waals surface area (Å²) in [6, 6.07) is 0.570. The largest absolute Gasteiger partial charge is 0.477 e. The fourth-order valence-electron chi connectivity index (χ4n) is 3.36. The van der Waals surface area contributed by atoms with Crippen LogP contribution in [0.25, 0.3) is 0 Å². The lowest BCUT2D eigenvalue weighted by atomic mass is 10.2. The molecule has 0 saturated carbocycles. The monoisotopic (exact) mass is 399 g/mol. The molecule has 3 heterocycles. The van der Waals surface area contributed by atoms with Gasteiger partial charge in [0.15, 0.2) is 0 Å². The minimum Gasteiger partial charge on any atom is -0.477 e. The zero-order valence-corrected chi connectivity index (χ0v) is 17.4. The molecule has 3 aromatic rings. The van der Waals surface area contributed by atoms with Gasteiger partial charge in [0.25, 0.3) is 0 Å². The van der Waals surface area contributed by atoms with Crippen molar-refractivity contribution < 1.29 is 14.7 Å². The molecule has 0 aliphatic carbocycles. The first-order valence-corrected chi connectivity index (χ1v) is 9.22. The zero-order valence-electron chi connectivity index (χ0n) is 17.4. The fraction of sp³-hybridized carbons (Fsp3) is 0.421. The van der Waals surface area contributed by atoms with E-state index in [0.29, 0.717) is 17.9 Å². The van der Waals surface area contributed by atoms with Crippen LogP contribution in [0.15, 0.2) is 12.3 Å². The summed E-state index contributed by atoms with van der Waals surface area (Å²) >= 11 is 0. The average Bonchev–Trinajstić information content (AvgIpc) is 3.31. The zero-order chi connectivity index (χ0) is 21.5. The SMILES string of the molecule is Cc1nn(C)c(C)c1Cn1nc(C)c(NC(=O)C(C)n2nccc2C(=O)O)c1C. The van der Waals surface area contributed by atoms with E-state index in [9.17, 15) is 14.7 Å². The first kappa shape index (κ1) is 20.3. The van der Waals surface area contributed by atoms with Crippen molar-refractivity contribution in [2.45, 2.75) is 47.2 Å². The number of carbonyl (C=O) groups excluding carboxylic acids is 1. The van der Waals surface area contributed by atoms with Crippen molar-refractivity contribution in [3.05, 3.63) is 46.3 Å². The van der Waals surface area contributed by atoms with Crippen LogP contribution in [-0.4, -0.2) is 46.3 Å². The minimum absolute atomic E-state index is 0.0423. The molecule has 0 radical (unpaired) electrons. The summed E-state index contributed by atoms with van der Waals surface area (Å²) < 4.78 is 4.86. The Morgan fingerprint density at radius 3 is 2.41 bits per heavy atom. The Hall–Kier alpha value is -3.43. The molecule has 29 heavy (non-hydrogen) atoms. The summed E-state index contributed by atoms with van der Waals surface area (Å²) in [5.74, 6) is -1.50. The van der Waals surface area contributed by atoms with Gasteiger partial charge in [0.1, 0.15) is 11.7 Å². The molecule has 10 heteroatoms. The van der Waals surface area contributed by atoms with Gasteiger partial charge in [-0.1, -0.05) is 0 Å². The Kier molecular flexibility index (Phi) is 5.27. The molecule has 0 aliphatic rings. The molecule has 0 fully saturated rings. The summed E-state index contributed by atoms with van der Waals surface area (Å²) in [5.41, 5.74) is 5.16. The molecule has 0 saturated heterocycles. The van der Waals surface area contributed by atoms with Crippen molar-refractivity contribution in [2.75, 3.05) is 5.32 Å². The van der Waals surface area contributed by atoms with Gasteiger partial charge in [0.2, 0.25) is 5.91 Å². The van der Waals surface area contributed by atoms with Crippen LogP contribution in [-0.2, 0) is 18.4 Å². The summed E-state index contributed by atoms with van der Waals surface area (Å²) in [7, 11) is 1.90. The van der Waals surface area contributed by atoms with Gasteiger partial charge in [-0.3, -0.25) is 14.2 Å². The Labute approximate surface area is 168 Å². The van der Waals surface area contributed by atoms with E-state index >= 15 is 0 Å². The average molecular weight is 399 g/mol. The van der Waals surface area contributed by atoms with Gasteiger partial charge in [-0.05, 0) is 40.7 Å². The van der Waals surface area contributed by atoms with Crippen LogP contribution in [0.3, 0.4) is 0 Å². The van der Waals surface area contributed by atoms with Crippen molar-refractivity contribution in [1.82, 2.24) is 29.3 Å². The van der Waals surface area contributed by atoms with Gasteiger partial charge in [0.05, 0.1) is 29.3 Å². The lowest BCUT2D eigenvalue weighted by Crippen LogP contribution is -2.27. The van der Waals surface area contributed by atoms with E-state index in [1.54, 1.807) is 6.92 Å². The smallest absolute Gasteiger partial charge is 0.354 e. The van der Waals surface area contributed by atoms with Gasteiger partial charge in [0, 0.05) is 24.5 Å². The number of nitrogens with zero attached hydrogens (tertiary/aromatic N) is 6. The van der Waals surface area contributed by atoms with Gasteiger partial charge in [-0.25, -0.2) is 9.48 Å². The van der Waals surface area contributed by atoms with E-state index in [1.165, 1.54) is 16.9 Å². The van der Waals surface area contributed by atoms with Crippen molar-refractivity contribution in [1.29, 1.82) is 0 Å². The number of nitrogens with one attached hydrogen (secondary N) is 1. The second-order valence-corrected chi connectivity index (χ2v) is 7.11. The van der Waals surface area contributed by atoms with Crippen molar-refractivity contribution >= 4 is 17.6 Å². The summed E-state index contributed by atoms with van der Waals surface area (Å²) in [6.07, 6.45) is 1.36. The number of hydrogen-bond donors (Lipinski definition) is 2. The molecule has 3 aromatic heterocycles. The van der Waals surface area contributed by atoms with Gasteiger partial charge in [-0.2, -0.15) is 15.3 Å². The summed E-state index contributed by atoms with van der Waals surface area (Å²) in [6.45, 7) is 9.83. The number of aromatic carboxylic acids is 1. The van der Waals surface area contributed by atoms with Crippen molar-refractivity contribution in [3.63, 3.8) is 0 Å². The number of aromatic nitrogens is 6. The van der Waals surface area contributed by atoms with Crippen LogP contribution in [0.1, 0.15) is 51.8 Å². The second kappa shape index (κ2) is 7.53. The maximum Gasteiger partial charge on any atom is 0.354 e. The van der Waals surface area contributed by atoms with E-state index in [4.69, 9.17) is 0 Å². The molecule has 0 aliphatic heterocycles. The van der Waals surface area contributed by atoms with Gasteiger partial charge >= 0.3 is 5.97 Å². The first-order chi connectivity index (χ1) is 13.6. The fourth-order valence-corrected chi connectivity index (χ4v) is 3.36. The number of carbonyl (C=O) groups is 2. The predicted octanol–water partition coefficient (Wildman–Crippen LogP) is 1.99. The summed E-state index contributed by atoms with van der Waals surface area (Å²) in [4.78, 5) is 24.1. The quantitative estimate of drug-likeness (QED) is 0.654. The Bertz CT molecular complexity index is 1090. The highest BCUT2D eigenvalue weighted by molar-refractivity contribution is 5.95. The molecule has 2 N–H and O–H groups in total. The minimum atomic E-state index is -1.13. The number of aryl methyl sites for hydroxylation is 3.